The van der Waals surface area contributed by atoms with E-state index >= 15 is 0 Å². The van der Waals surface area contributed by atoms with E-state index in [0.29, 0.717) is 12.2 Å². The van der Waals surface area contributed by atoms with Gasteiger partial charge < -0.3 is 15.0 Å². The maximum absolute atomic E-state index is 12.6. The van der Waals surface area contributed by atoms with E-state index in [4.69, 9.17) is 4.74 Å². The normalized spacial score (nSPS) is 11.6. The number of methoxy groups -OCH3 is 1. The highest BCUT2D eigenvalue weighted by Crippen LogP contribution is 2.25. The van der Waals surface area contributed by atoms with Crippen molar-refractivity contribution in [2.75, 3.05) is 13.7 Å². The quantitative estimate of drug-likeness (QED) is 0.726. The highest BCUT2D eigenvalue weighted by atomic mass is 16.5. The number of carbonyl (C=O) groups is 1. The van der Waals surface area contributed by atoms with Crippen LogP contribution in [0.1, 0.15) is 29.8 Å². The number of rotatable bonds is 5. The molecule has 5 nitrogen and oxygen atoms in total. The predicted molar refractivity (Wildman–Crippen MR) is 108 cm³/mol. The summed E-state index contributed by atoms with van der Waals surface area (Å²) in [7, 11) is 1.61. The molecule has 0 radical (unpaired) electrons. The van der Waals surface area contributed by atoms with Crippen molar-refractivity contribution in [3.05, 3.63) is 70.0 Å². The number of ether oxygens (including phenoxy) is 1. The van der Waals surface area contributed by atoms with Crippen LogP contribution in [0.2, 0.25) is 0 Å². The Kier molecular flexibility index (Phi) is 5.15. The van der Waals surface area contributed by atoms with E-state index in [1.807, 2.05) is 57.2 Å². The largest absolute Gasteiger partial charge is 0.382 e. The van der Waals surface area contributed by atoms with Crippen LogP contribution in [0, 0.1) is 6.92 Å². The first kappa shape index (κ1) is 18.9. The Balaban J connectivity index is 1.95. The minimum absolute atomic E-state index is 0.106. The zero-order valence-corrected chi connectivity index (χ0v) is 16.1. The Hall–Kier alpha value is -2.92. The topological polar surface area (TPSA) is 71.2 Å². The number of aryl methyl sites for hydroxylation is 1. The van der Waals surface area contributed by atoms with E-state index < -0.39 is 5.54 Å². The summed E-state index contributed by atoms with van der Waals surface area (Å²) in [6, 6.07) is 15.0. The molecule has 0 bridgehead atoms. The number of H-pyrrole nitrogens is 1. The molecule has 0 aliphatic carbocycles. The summed E-state index contributed by atoms with van der Waals surface area (Å²) in [4.78, 5) is 27.1. The van der Waals surface area contributed by atoms with Crippen molar-refractivity contribution in [1.82, 2.24) is 10.3 Å². The monoisotopic (exact) mass is 364 g/mol. The second-order valence-corrected chi connectivity index (χ2v) is 7.43. The molecule has 2 aromatic carbocycles. The number of fused-ring (bicyclic) bond motifs is 1. The number of pyridine rings is 1. The summed E-state index contributed by atoms with van der Waals surface area (Å²) < 4.78 is 5.16. The van der Waals surface area contributed by atoms with Crippen LogP contribution in [-0.4, -0.2) is 30.1 Å². The fourth-order valence-electron chi connectivity index (χ4n) is 3.22. The van der Waals surface area contributed by atoms with E-state index in [-0.39, 0.29) is 11.5 Å². The van der Waals surface area contributed by atoms with Crippen molar-refractivity contribution < 1.29 is 9.53 Å². The van der Waals surface area contributed by atoms with Crippen LogP contribution in [0.5, 0.6) is 0 Å². The van der Waals surface area contributed by atoms with Gasteiger partial charge in [0.05, 0.1) is 12.1 Å². The highest BCUT2D eigenvalue weighted by Gasteiger charge is 2.21. The molecule has 3 rings (SSSR count). The summed E-state index contributed by atoms with van der Waals surface area (Å²) in [5.41, 5.74) is 3.70. The first-order valence-corrected chi connectivity index (χ1v) is 8.85. The predicted octanol–water partition coefficient (Wildman–Crippen LogP) is 3.66. The van der Waals surface area contributed by atoms with Gasteiger partial charge in [0.25, 0.3) is 5.91 Å². The Morgan fingerprint density at radius 2 is 1.85 bits per heavy atom. The minimum atomic E-state index is -0.451. The molecule has 0 aliphatic rings. The maximum Gasteiger partial charge on any atom is 0.251 e. The van der Waals surface area contributed by atoms with Gasteiger partial charge in [-0.05, 0) is 61.7 Å². The molecule has 27 heavy (non-hydrogen) atoms. The third-order valence-corrected chi connectivity index (χ3v) is 4.47. The molecule has 0 saturated carbocycles. The van der Waals surface area contributed by atoms with E-state index in [2.05, 4.69) is 10.3 Å². The molecule has 0 fully saturated rings. The average Bonchev–Trinajstić information content (AvgIpc) is 2.61. The number of aromatic nitrogens is 1. The SMILES string of the molecule is COCC(C)(C)NC(=O)c1cccc(-c2ccc3[nH]c(=O)cc(C)c3c2)c1. The van der Waals surface area contributed by atoms with Crippen LogP contribution in [0.25, 0.3) is 22.0 Å². The van der Waals surface area contributed by atoms with Gasteiger partial charge in [0, 0.05) is 29.6 Å². The van der Waals surface area contributed by atoms with Crippen LogP contribution in [-0.2, 0) is 4.74 Å². The molecule has 0 aliphatic heterocycles. The molecular formula is C22H24N2O3. The van der Waals surface area contributed by atoms with Gasteiger partial charge in [-0.3, -0.25) is 9.59 Å². The molecule has 1 amide bonds. The summed E-state index contributed by atoms with van der Waals surface area (Å²) in [5.74, 6) is -0.139. The van der Waals surface area contributed by atoms with Crippen molar-refractivity contribution in [3.63, 3.8) is 0 Å². The molecule has 1 heterocycles. The number of benzene rings is 2. The van der Waals surface area contributed by atoms with E-state index in [1.165, 1.54) is 0 Å². The van der Waals surface area contributed by atoms with E-state index in [1.54, 1.807) is 19.2 Å². The van der Waals surface area contributed by atoms with Gasteiger partial charge in [-0.15, -0.1) is 0 Å². The summed E-state index contributed by atoms with van der Waals surface area (Å²) in [6.07, 6.45) is 0. The lowest BCUT2D eigenvalue weighted by atomic mass is 9.99. The van der Waals surface area contributed by atoms with Crippen LogP contribution < -0.4 is 10.9 Å². The van der Waals surface area contributed by atoms with Crippen LogP contribution in [0.4, 0.5) is 0 Å². The summed E-state index contributed by atoms with van der Waals surface area (Å²) in [5, 5.41) is 3.98. The van der Waals surface area contributed by atoms with E-state index in [9.17, 15) is 9.59 Å². The molecule has 3 aromatic rings. The Morgan fingerprint density at radius 1 is 1.11 bits per heavy atom. The van der Waals surface area contributed by atoms with Crippen LogP contribution >= 0.6 is 0 Å². The lowest BCUT2D eigenvalue weighted by molar-refractivity contribution is 0.0820. The molecule has 2 N–H and O–H groups in total. The van der Waals surface area contributed by atoms with Crippen LogP contribution in [0.3, 0.4) is 0 Å². The van der Waals surface area contributed by atoms with Crippen molar-refractivity contribution in [1.29, 1.82) is 0 Å². The third kappa shape index (κ3) is 4.26. The Bertz CT molecular complexity index is 1050. The maximum atomic E-state index is 12.6. The summed E-state index contributed by atoms with van der Waals surface area (Å²) >= 11 is 0. The van der Waals surface area contributed by atoms with Crippen molar-refractivity contribution in [3.8, 4) is 11.1 Å². The lowest BCUT2D eigenvalue weighted by Crippen LogP contribution is -2.46. The first-order valence-electron chi connectivity index (χ1n) is 8.85. The highest BCUT2D eigenvalue weighted by molar-refractivity contribution is 5.96. The molecule has 1 aromatic heterocycles. The molecule has 0 saturated heterocycles. The second-order valence-electron chi connectivity index (χ2n) is 7.43. The first-order chi connectivity index (χ1) is 12.8. The zero-order valence-electron chi connectivity index (χ0n) is 16.1. The van der Waals surface area contributed by atoms with Gasteiger partial charge in [0.1, 0.15) is 0 Å². The van der Waals surface area contributed by atoms with Crippen molar-refractivity contribution in [2.24, 2.45) is 0 Å². The number of hydrogen-bond acceptors (Lipinski definition) is 3. The fourth-order valence-corrected chi connectivity index (χ4v) is 3.22. The smallest absolute Gasteiger partial charge is 0.251 e. The summed E-state index contributed by atoms with van der Waals surface area (Å²) in [6.45, 7) is 6.19. The van der Waals surface area contributed by atoms with Gasteiger partial charge in [0.15, 0.2) is 0 Å². The number of amides is 1. The van der Waals surface area contributed by atoms with Gasteiger partial charge in [-0.1, -0.05) is 18.2 Å². The fraction of sp³-hybridized carbons (Fsp3) is 0.273. The van der Waals surface area contributed by atoms with Gasteiger partial charge in [-0.2, -0.15) is 0 Å². The second kappa shape index (κ2) is 7.37. The Morgan fingerprint density at radius 3 is 2.59 bits per heavy atom. The number of hydrogen-bond donors (Lipinski definition) is 2. The van der Waals surface area contributed by atoms with Crippen LogP contribution in [0.15, 0.2) is 53.3 Å². The lowest BCUT2D eigenvalue weighted by Gasteiger charge is -2.25. The van der Waals surface area contributed by atoms with Gasteiger partial charge in [-0.25, -0.2) is 0 Å². The van der Waals surface area contributed by atoms with Gasteiger partial charge in [0.2, 0.25) is 5.56 Å². The van der Waals surface area contributed by atoms with Gasteiger partial charge >= 0.3 is 0 Å². The molecule has 140 valence electrons. The zero-order chi connectivity index (χ0) is 19.6. The Labute approximate surface area is 158 Å². The average molecular weight is 364 g/mol. The molecule has 0 atom stereocenters. The molecular weight excluding hydrogens is 340 g/mol. The van der Waals surface area contributed by atoms with E-state index in [0.717, 1.165) is 27.6 Å². The molecule has 0 spiro atoms. The third-order valence-electron chi connectivity index (χ3n) is 4.47. The van der Waals surface area contributed by atoms with Crippen molar-refractivity contribution in [2.45, 2.75) is 26.3 Å². The molecule has 0 unspecified atom stereocenters. The number of aromatic amines is 1. The number of nitrogens with one attached hydrogen (secondary N) is 2. The minimum Gasteiger partial charge on any atom is -0.382 e. The number of carbonyl (C=O) groups excluding carboxylic acids is 1. The standard InChI is InChI=1S/C22H24N2O3/c1-14-10-20(25)23-19-9-8-16(12-18(14)19)15-6-5-7-17(11-15)21(26)24-22(2,3)13-27-4/h5-12H,13H2,1-4H3,(H,23,25)(H,24,26). The molecule has 5 heteroatoms. The van der Waals surface area contributed by atoms with Crippen molar-refractivity contribution >= 4 is 16.8 Å².